The van der Waals surface area contributed by atoms with Crippen molar-refractivity contribution in [1.82, 2.24) is 15.6 Å². The number of nitro benzene ring substituents is 1. The van der Waals surface area contributed by atoms with E-state index in [9.17, 15) is 10.1 Å². The predicted molar refractivity (Wildman–Crippen MR) is 116 cm³/mol. The molecular weight excluding hydrogens is 465 g/mol. The van der Waals surface area contributed by atoms with Gasteiger partial charge in [0.05, 0.1) is 23.7 Å². The van der Waals surface area contributed by atoms with E-state index in [-0.39, 0.29) is 29.7 Å². The van der Waals surface area contributed by atoms with Crippen LogP contribution in [0, 0.1) is 10.1 Å². The highest BCUT2D eigenvalue weighted by atomic mass is 127. The normalized spacial score (nSPS) is 11.2. The zero-order chi connectivity index (χ0) is 18.2. The molecule has 0 unspecified atom stereocenters. The Morgan fingerprint density at radius 2 is 2.15 bits per heavy atom. The highest BCUT2D eigenvalue weighted by molar-refractivity contribution is 14.0. The Morgan fingerprint density at radius 3 is 2.77 bits per heavy atom. The van der Waals surface area contributed by atoms with Gasteiger partial charge in [-0.05, 0) is 18.4 Å². The van der Waals surface area contributed by atoms with E-state index >= 15 is 0 Å². The lowest BCUT2D eigenvalue weighted by Gasteiger charge is -2.10. The van der Waals surface area contributed by atoms with E-state index in [2.05, 4.69) is 39.8 Å². The van der Waals surface area contributed by atoms with E-state index in [1.165, 1.54) is 6.07 Å². The maximum atomic E-state index is 10.8. The van der Waals surface area contributed by atoms with Gasteiger partial charge < -0.3 is 10.6 Å². The zero-order valence-corrected chi connectivity index (χ0v) is 18.2. The smallest absolute Gasteiger partial charge is 0.269 e. The standard InChI is InChI=1S/C17H23N5O2S.HI/c1-4-18-17(20-10-16-21-15(11-25-16)12(2)3)19-9-13-6-5-7-14(8-13)22(23)24;/h5-8,11-12H,4,9-10H2,1-3H3,(H2,18,19,20);1H. The van der Waals surface area contributed by atoms with Crippen molar-refractivity contribution in [2.24, 2.45) is 4.99 Å². The lowest BCUT2D eigenvalue weighted by Crippen LogP contribution is -2.36. The quantitative estimate of drug-likeness (QED) is 0.201. The average molecular weight is 489 g/mol. The van der Waals surface area contributed by atoms with Gasteiger partial charge in [-0.2, -0.15) is 0 Å². The molecule has 0 aliphatic carbocycles. The van der Waals surface area contributed by atoms with Gasteiger partial charge in [-0.3, -0.25) is 10.1 Å². The Kier molecular flexibility index (Phi) is 9.49. The fourth-order valence-corrected chi connectivity index (χ4v) is 3.01. The molecule has 0 atom stereocenters. The number of nitrogens with one attached hydrogen (secondary N) is 2. The van der Waals surface area contributed by atoms with Crippen LogP contribution in [0.25, 0.3) is 0 Å². The number of nitro groups is 1. The number of benzene rings is 1. The van der Waals surface area contributed by atoms with Crippen molar-refractivity contribution in [1.29, 1.82) is 0 Å². The summed E-state index contributed by atoms with van der Waals surface area (Å²) < 4.78 is 0. The topological polar surface area (TPSA) is 92.5 Å². The summed E-state index contributed by atoms with van der Waals surface area (Å²) in [6.07, 6.45) is 0. The van der Waals surface area contributed by atoms with Crippen molar-refractivity contribution in [2.75, 3.05) is 6.54 Å². The summed E-state index contributed by atoms with van der Waals surface area (Å²) in [6.45, 7) is 7.93. The molecule has 0 bridgehead atoms. The highest BCUT2D eigenvalue weighted by Gasteiger charge is 2.07. The number of thiazole rings is 1. The summed E-state index contributed by atoms with van der Waals surface area (Å²) in [5, 5.41) is 20.3. The Bertz CT molecular complexity index is 748. The summed E-state index contributed by atoms with van der Waals surface area (Å²) in [7, 11) is 0. The van der Waals surface area contributed by atoms with Gasteiger partial charge in [0, 0.05) is 24.1 Å². The molecule has 7 nitrogen and oxygen atoms in total. The number of halogens is 1. The number of non-ortho nitro benzene ring substituents is 1. The van der Waals surface area contributed by atoms with Crippen LogP contribution in [0.5, 0.6) is 0 Å². The third kappa shape index (κ3) is 6.87. The molecule has 0 aliphatic rings. The van der Waals surface area contributed by atoms with Crippen molar-refractivity contribution in [3.05, 3.63) is 56.0 Å². The molecule has 0 fully saturated rings. The molecule has 142 valence electrons. The van der Waals surface area contributed by atoms with E-state index in [1.54, 1.807) is 23.5 Å². The SMILES string of the molecule is CCNC(=NCc1cccc([N+](=O)[O-])c1)NCc1nc(C(C)C)cs1.I. The molecule has 0 spiro atoms. The van der Waals surface area contributed by atoms with Gasteiger partial charge in [0.25, 0.3) is 5.69 Å². The number of aliphatic imine (C=N–C) groups is 1. The van der Waals surface area contributed by atoms with E-state index in [4.69, 9.17) is 0 Å². The lowest BCUT2D eigenvalue weighted by molar-refractivity contribution is -0.384. The van der Waals surface area contributed by atoms with Gasteiger partial charge in [0.1, 0.15) is 5.01 Å². The van der Waals surface area contributed by atoms with Crippen LogP contribution < -0.4 is 10.6 Å². The molecule has 1 aromatic carbocycles. The lowest BCUT2D eigenvalue weighted by atomic mass is 10.2. The van der Waals surface area contributed by atoms with Gasteiger partial charge in [-0.25, -0.2) is 9.98 Å². The van der Waals surface area contributed by atoms with Crippen LogP contribution in [0.4, 0.5) is 5.69 Å². The second-order valence-corrected chi connectivity index (χ2v) is 6.74. The Morgan fingerprint density at radius 1 is 1.38 bits per heavy atom. The molecule has 0 saturated carbocycles. The number of hydrogen-bond donors (Lipinski definition) is 2. The fourth-order valence-electron chi connectivity index (χ4n) is 2.11. The molecule has 0 amide bonds. The molecule has 2 N–H and O–H groups in total. The summed E-state index contributed by atoms with van der Waals surface area (Å²) in [5.74, 6) is 1.08. The van der Waals surface area contributed by atoms with Gasteiger partial charge in [0.15, 0.2) is 5.96 Å². The van der Waals surface area contributed by atoms with Gasteiger partial charge in [0.2, 0.25) is 0 Å². The largest absolute Gasteiger partial charge is 0.357 e. The molecule has 1 aromatic heterocycles. The molecule has 1 heterocycles. The summed E-state index contributed by atoms with van der Waals surface area (Å²) in [4.78, 5) is 19.5. The van der Waals surface area contributed by atoms with E-state index < -0.39 is 4.92 Å². The third-order valence-electron chi connectivity index (χ3n) is 3.45. The molecule has 9 heteroatoms. The molecule has 0 saturated heterocycles. The Balaban J connectivity index is 0.00000338. The number of rotatable bonds is 7. The molecule has 0 aliphatic heterocycles. The van der Waals surface area contributed by atoms with E-state index in [0.29, 0.717) is 25.0 Å². The van der Waals surface area contributed by atoms with Crippen LogP contribution in [0.1, 0.15) is 43.0 Å². The third-order valence-corrected chi connectivity index (χ3v) is 4.32. The number of aromatic nitrogens is 1. The van der Waals surface area contributed by atoms with Crippen LogP contribution in [-0.4, -0.2) is 22.4 Å². The molecular formula is C17H24IN5O2S. The monoisotopic (exact) mass is 489 g/mol. The number of nitrogens with zero attached hydrogens (tertiary/aromatic N) is 3. The molecule has 26 heavy (non-hydrogen) atoms. The fraction of sp³-hybridized carbons (Fsp3) is 0.412. The second kappa shape index (κ2) is 11.1. The maximum Gasteiger partial charge on any atom is 0.269 e. The first-order valence-corrected chi connectivity index (χ1v) is 9.07. The summed E-state index contributed by atoms with van der Waals surface area (Å²) in [6, 6.07) is 6.52. The van der Waals surface area contributed by atoms with Crippen molar-refractivity contribution in [2.45, 2.75) is 39.8 Å². The van der Waals surface area contributed by atoms with Crippen molar-refractivity contribution in [3.63, 3.8) is 0 Å². The van der Waals surface area contributed by atoms with Gasteiger partial charge in [-0.1, -0.05) is 26.0 Å². The van der Waals surface area contributed by atoms with Crippen molar-refractivity contribution < 1.29 is 4.92 Å². The average Bonchev–Trinajstić information content (AvgIpc) is 3.07. The second-order valence-electron chi connectivity index (χ2n) is 5.80. The van der Waals surface area contributed by atoms with Crippen LogP contribution in [0.15, 0.2) is 34.6 Å². The van der Waals surface area contributed by atoms with Crippen LogP contribution in [0.3, 0.4) is 0 Å². The maximum absolute atomic E-state index is 10.8. The first-order chi connectivity index (χ1) is 12.0. The molecule has 0 radical (unpaired) electrons. The van der Waals surface area contributed by atoms with Crippen LogP contribution in [0.2, 0.25) is 0 Å². The van der Waals surface area contributed by atoms with Crippen molar-refractivity contribution in [3.8, 4) is 0 Å². The Labute approximate surface area is 174 Å². The minimum Gasteiger partial charge on any atom is -0.357 e. The van der Waals surface area contributed by atoms with Crippen LogP contribution in [-0.2, 0) is 13.1 Å². The summed E-state index contributed by atoms with van der Waals surface area (Å²) in [5.41, 5.74) is 1.97. The summed E-state index contributed by atoms with van der Waals surface area (Å²) >= 11 is 1.63. The van der Waals surface area contributed by atoms with Crippen molar-refractivity contribution >= 4 is 47.0 Å². The Hall–Kier alpha value is -1.75. The zero-order valence-electron chi connectivity index (χ0n) is 15.1. The van der Waals surface area contributed by atoms with E-state index in [0.717, 1.165) is 22.8 Å². The molecule has 2 rings (SSSR count). The predicted octanol–water partition coefficient (Wildman–Crippen LogP) is 4.05. The highest BCUT2D eigenvalue weighted by Crippen LogP contribution is 2.17. The van der Waals surface area contributed by atoms with E-state index in [1.807, 2.05) is 13.0 Å². The number of guanidine groups is 1. The minimum absolute atomic E-state index is 0. The molecule has 2 aromatic rings. The van der Waals surface area contributed by atoms with Crippen LogP contribution >= 0.6 is 35.3 Å². The van der Waals surface area contributed by atoms with Gasteiger partial charge in [-0.15, -0.1) is 35.3 Å². The number of hydrogen-bond acceptors (Lipinski definition) is 5. The first kappa shape index (κ1) is 22.3. The first-order valence-electron chi connectivity index (χ1n) is 8.19. The van der Waals surface area contributed by atoms with Gasteiger partial charge >= 0.3 is 0 Å². The minimum atomic E-state index is -0.397.